The summed E-state index contributed by atoms with van der Waals surface area (Å²) in [5.41, 5.74) is 4.96. The summed E-state index contributed by atoms with van der Waals surface area (Å²) < 4.78 is 10.8. The summed E-state index contributed by atoms with van der Waals surface area (Å²) in [5, 5.41) is 0. The lowest BCUT2D eigenvalue weighted by Crippen LogP contribution is -2.18. The maximum absolute atomic E-state index is 5.86. The van der Waals surface area contributed by atoms with Crippen molar-refractivity contribution in [1.82, 2.24) is 9.97 Å². The zero-order chi connectivity index (χ0) is 20.6. The number of nitrogens with zero attached hydrogens (tertiary/aromatic N) is 2. The fourth-order valence-electron chi connectivity index (χ4n) is 3.15. The maximum atomic E-state index is 5.86. The minimum atomic E-state index is 0.0316. The first kappa shape index (κ1) is 20.1. The van der Waals surface area contributed by atoms with Crippen LogP contribution >= 0.6 is 12.2 Å². The van der Waals surface area contributed by atoms with Gasteiger partial charge in [0.25, 0.3) is 0 Å². The molecule has 0 aliphatic carbocycles. The molecule has 3 aromatic rings. The van der Waals surface area contributed by atoms with E-state index >= 15 is 0 Å². The smallest absolute Gasteiger partial charge is 0.163 e. The molecule has 2 aromatic carbocycles. The molecule has 1 N–H and O–H groups in total. The summed E-state index contributed by atoms with van der Waals surface area (Å²) >= 11 is 5.86. The predicted molar refractivity (Wildman–Crippen MR) is 119 cm³/mol. The van der Waals surface area contributed by atoms with Crippen LogP contribution in [0.1, 0.15) is 37.7 Å². The summed E-state index contributed by atoms with van der Waals surface area (Å²) in [6, 6.07) is 10.2. The van der Waals surface area contributed by atoms with Crippen molar-refractivity contribution in [3.05, 3.63) is 47.3 Å². The highest BCUT2D eigenvalue weighted by molar-refractivity contribution is 7.81. The van der Waals surface area contributed by atoms with Crippen molar-refractivity contribution in [2.75, 3.05) is 33.2 Å². The van der Waals surface area contributed by atoms with Gasteiger partial charge in [-0.15, -0.1) is 0 Å². The van der Waals surface area contributed by atoms with E-state index in [9.17, 15) is 0 Å². The van der Waals surface area contributed by atoms with Gasteiger partial charge < -0.3 is 19.4 Å². The summed E-state index contributed by atoms with van der Waals surface area (Å²) in [6.07, 6.45) is 0. The van der Waals surface area contributed by atoms with Crippen molar-refractivity contribution in [2.24, 2.45) is 0 Å². The molecule has 28 heavy (non-hydrogen) atoms. The molecule has 0 aliphatic heterocycles. The SMILES string of the molecule is COc1cc2nc(C(=S)c3cc(C(C)(C)C)ccc3N(C)C)[nH]c2cc1OC. The molecular formula is C22H27N3O2S. The van der Waals surface area contributed by atoms with Crippen molar-refractivity contribution in [1.29, 1.82) is 0 Å². The first-order valence-electron chi connectivity index (χ1n) is 9.14. The third-order valence-electron chi connectivity index (χ3n) is 4.79. The Bertz CT molecular complexity index is 991. The van der Waals surface area contributed by atoms with Gasteiger partial charge in [0.15, 0.2) is 11.5 Å². The van der Waals surface area contributed by atoms with Crippen LogP contribution in [0.5, 0.6) is 11.5 Å². The second kappa shape index (κ2) is 7.43. The highest BCUT2D eigenvalue weighted by Gasteiger charge is 2.20. The fourth-order valence-corrected chi connectivity index (χ4v) is 3.41. The number of H-pyrrole nitrogens is 1. The van der Waals surface area contributed by atoms with E-state index in [2.05, 4.69) is 48.9 Å². The van der Waals surface area contributed by atoms with Gasteiger partial charge >= 0.3 is 0 Å². The Morgan fingerprint density at radius 3 is 2.25 bits per heavy atom. The van der Waals surface area contributed by atoms with E-state index in [1.54, 1.807) is 14.2 Å². The predicted octanol–water partition coefficient (Wildman–Crippen LogP) is 4.71. The number of aromatic amines is 1. The molecule has 0 fully saturated rings. The molecule has 0 unspecified atom stereocenters. The third-order valence-corrected chi connectivity index (χ3v) is 5.20. The summed E-state index contributed by atoms with van der Waals surface area (Å²) in [5.74, 6) is 1.96. The normalized spacial score (nSPS) is 11.5. The van der Waals surface area contributed by atoms with Gasteiger partial charge in [-0.3, -0.25) is 0 Å². The molecule has 0 radical (unpaired) electrons. The number of hydrogen-bond acceptors (Lipinski definition) is 5. The van der Waals surface area contributed by atoms with Gasteiger partial charge in [-0.2, -0.15) is 0 Å². The van der Waals surface area contributed by atoms with Crippen LogP contribution in [0.15, 0.2) is 30.3 Å². The fraction of sp³-hybridized carbons (Fsp3) is 0.364. The minimum Gasteiger partial charge on any atom is -0.493 e. The monoisotopic (exact) mass is 397 g/mol. The number of fused-ring (bicyclic) bond motifs is 1. The Hall–Kier alpha value is -2.60. The minimum absolute atomic E-state index is 0.0316. The lowest BCUT2D eigenvalue weighted by Gasteiger charge is -2.24. The van der Waals surface area contributed by atoms with Gasteiger partial charge in [-0.25, -0.2) is 4.98 Å². The molecule has 6 heteroatoms. The van der Waals surface area contributed by atoms with E-state index in [0.717, 1.165) is 22.3 Å². The largest absolute Gasteiger partial charge is 0.493 e. The second-order valence-electron chi connectivity index (χ2n) is 8.02. The van der Waals surface area contributed by atoms with Gasteiger partial charge in [0.1, 0.15) is 5.82 Å². The van der Waals surface area contributed by atoms with E-state index in [1.807, 2.05) is 26.2 Å². The van der Waals surface area contributed by atoms with Crippen LogP contribution < -0.4 is 14.4 Å². The number of methoxy groups -OCH3 is 2. The quantitative estimate of drug-likeness (QED) is 0.499. The average molecular weight is 398 g/mol. The van der Waals surface area contributed by atoms with E-state index in [4.69, 9.17) is 26.7 Å². The van der Waals surface area contributed by atoms with Crippen molar-refractivity contribution < 1.29 is 9.47 Å². The molecule has 0 saturated carbocycles. The molecule has 0 aliphatic rings. The van der Waals surface area contributed by atoms with Crippen LogP contribution in [0.3, 0.4) is 0 Å². The van der Waals surface area contributed by atoms with Crippen molar-refractivity contribution in [3.8, 4) is 11.5 Å². The topological polar surface area (TPSA) is 50.4 Å². The average Bonchev–Trinajstić information content (AvgIpc) is 3.07. The Morgan fingerprint density at radius 2 is 1.68 bits per heavy atom. The second-order valence-corrected chi connectivity index (χ2v) is 8.42. The standard InChI is InChI=1S/C22H27N3O2S/c1-22(2,3)13-8-9-17(25(4)5)14(10-13)20(28)21-23-15-11-18(26-6)19(27-7)12-16(15)24-21/h8-12H,1-7H3,(H,23,24). The van der Waals surface area contributed by atoms with Crippen LogP contribution in [0.25, 0.3) is 11.0 Å². The molecule has 148 valence electrons. The number of aromatic nitrogens is 2. The molecule has 5 nitrogen and oxygen atoms in total. The van der Waals surface area contributed by atoms with Crippen molar-refractivity contribution in [3.63, 3.8) is 0 Å². The number of hydrogen-bond donors (Lipinski definition) is 1. The van der Waals surface area contributed by atoms with E-state index < -0.39 is 0 Å². The van der Waals surface area contributed by atoms with Gasteiger partial charge in [-0.1, -0.05) is 39.1 Å². The molecule has 0 saturated heterocycles. The summed E-state index contributed by atoms with van der Waals surface area (Å²) in [7, 11) is 7.27. The van der Waals surface area contributed by atoms with E-state index in [0.29, 0.717) is 22.2 Å². The molecule has 0 bridgehead atoms. The van der Waals surface area contributed by atoms with Gasteiger partial charge in [0.05, 0.1) is 30.1 Å². The van der Waals surface area contributed by atoms with E-state index in [1.165, 1.54) is 5.56 Å². The van der Waals surface area contributed by atoms with Gasteiger partial charge in [-0.05, 0) is 23.1 Å². The maximum Gasteiger partial charge on any atom is 0.163 e. The summed E-state index contributed by atoms with van der Waals surface area (Å²) in [6.45, 7) is 6.60. The number of anilines is 1. The highest BCUT2D eigenvalue weighted by Crippen LogP contribution is 2.33. The summed E-state index contributed by atoms with van der Waals surface area (Å²) in [4.78, 5) is 10.8. The molecule has 0 spiro atoms. The lowest BCUT2D eigenvalue weighted by molar-refractivity contribution is 0.356. The zero-order valence-electron chi connectivity index (χ0n) is 17.5. The van der Waals surface area contributed by atoms with E-state index in [-0.39, 0.29) is 5.41 Å². The Kier molecular flexibility index (Phi) is 5.35. The Morgan fingerprint density at radius 1 is 1.04 bits per heavy atom. The molecule has 1 heterocycles. The number of thiocarbonyl (C=S) groups is 1. The molecule has 0 amide bonds. The zero-order valence-corrected chi connectivity index (χ0v) is 18.3. The third kappa shape index (κ3) is 3.69. The Balaban J connectivity index is 2.13. The van der Waals surface area contributed by atoms with Crippen LogP contribution in [-0.4, -0.2) is 43.1 Å². The first-order chi connectivity index (χ1) is 13.2. The Labute approximate surface area is 171 Å². The van der Waals surface area contributed by atoms with Crippen molar-refractivity contribution >= 4 is 33.8 Å². The van der Waals surface area contributed by atoms with Crippen LogP contribution in [0.2, 0.25) is 0 Å². The van der Waals surface area contributed by atoms with Crippen LogP contribution in [0, 0.1) is 0 Å². The molecule has 0 atom stereocenters. The highest BCUT2D eigenvalue weighted by atomic mass is 32.1. The number of nitrogens with one attached hydrogen (secondary N) is 1. The lowest BCUT2D eigenvalue weighted by atomic mass is 9.85. The number of ether oxygens (including phenoxy) is 2. The number of rotatable bonds is 5. The van der Waals surface area contributed by atoms with Crippen LogP contribution in [-0.2, 0) is 5.41 Å². The number of imidazole rings is 1. The van der Waals surface area contributed by atoms with Crippen molar-refractivity contribution in [2.45, 2.75) is 26.2 Å². The molecule has 3 rings (SSSR count). The van der Waals surface area contributed by atoms with Gasteiger partial charge in [0.2, 0.25) is 0 Å². The first-order valence-corrected chi connectivity index (χ1v) is 9.55. The molecular weight excluding hydrogens is 370 g/mol. The molecule has 1 aromatic heterocycles. The van der Waals surface area contributed by atoms with Gasteiger partial charge in [0, 0.05) is 37.5 Å². The van der Waals surface area contributed by atoms with Crippen LogP contribution in [0.4, 0.5) is 5.69 Å². The number of benzene rings is 2.